The molecule has 0 atom stereocenters. The number of nitrogens with zero attached hydrogens (tertiary/aromatic N) is 1. The highest BCUT2D eigenvalue weighted by molar-refractivity contribution is 5.92. The number of hydrogen-bond donors (Lipinski definition) is 2. The van der Waals surface area contributed by atoms with Crippen molar-refractivity contribution in [2.24, 2.45) is 0 Å². The van der Waals surface area contributed by atoms with E-state index >= 15 is 0 Å². The Morgan fingerprint density at radius 2 is 1.78 bits per heavy atom. The molecule has 2 aromatic carbocycles. The summed E-state index contributed by atoms with van der Waals surface area (Å²) in [6.45, 7) is 0.555. The molecule has 1 amide bonds. The highest BCUT2D eigenvalue weighted by Gasteiger charge is 2.13. The van der Waals surface area contributed by atoms with Crippen molar-refractivity contribution >= 4 is 17.3 Å². The Hall–Kier alpha value is -3.68. The number of rotatable bonds is 7. The molecule has 0 saturated heterocycles. The van der Waals surface area contributed by atoms with Crippen molar-refractivity contribution in [1.29, 1.82) is 0 Å². The van der Waals surface area contributed by atoms with Gasteiger partial charge in [-0.05, 0) is 42.5 Å². The standard InChI is InChI=1S/C19H16FN3O4/c20-14-7-5-13(6-8-14)17-9-10-18(27-17)19(24)22-12-11-21-15-3-1-2-4-16(15)23(25)26/h1-10,21H,11-12H2,(H,22,24). The zero-order valence-corrected chi connectivity index (χ0v) is 14.1. The SMILES string of the molecule is O=C(NCCNc1ccccc1[N+](=O)[O-])c1ccc(-c2ccc(F)cc2)o1. The number of anilines is 1. The molecule has 7 nitrogen and oxygen atoms in total. The lowest BCUT2D eigenvalue weighted by molar-refractivity contribution is -0.384. The molecule has 0 unspecified atom stereocenters. The second-order valence-corrected chi connectivity index (χ2v) is 5.63. The lowest BCUT2D eigenvalue weighted by Crippen LogP contribution is -2.28. The maximum absolute atomic E-state index is 13.0. The van der Waals surface area contributed by atoms with Crippen molar-refractivity contribution in [3.05, 3.63) is 82.4 Å². The molecule has 0 aliphatic rings. The predicted molar refractivity (Wildman–Crippen MR) is 98.0 cm³/mol. The van der Waals surface area contributed by atoms with E-state index in [1.807, 2.05) is 0 Å². The molecular weight excluding hydrogens is 353 g/mol. The topological polar surface area (TPSA) is 97.4 Å². The second kappa shape index (κ2) is 8.13. The van der Waals surface area contributed by atoms with E-state index in [1.54, 1.807) is 36.4 Å². The van der Waals surface area contributed by atoms with Crippen molar-refractivity contribution in [3.63, 3.8) is 0 Å². The van der Waals surface area contributed by atoms with E-state index in [9.17, 15) is 19.3 Å². The highest BCUT2D eigenvalue weighted by atomic mass is 19.1. The van der Waals surface area contributed by atoms with Crippen LogP contribution >= 0.6 is 0 Å². The van der Waals surface area contributed by atoms with Crippen LogP contribution in [-0.2, 0) is 0 Å². The van der Waals surface area contributed by atoms with Crippen LogP contribution in [0, 0.1) is 15.9 Å². The molecule has 1 heterocycles. The summed E-state index contributed by atoms with van der Waals surface area (Å²) in [5, 5.41) is 16.5. The van der Waals surface area contributed by atoms with Crippen LogP contribution in [0.4, 0.5) is 15.8 Å². The molecular formula is C19H16FN3O4. The van der Waals surface area contributed by atoms with Crippen molar-refractivity contribution < 1.29 is 18.5 Å². The van der Waals surface area contributed by atoms with E-state index in [0.717, 1.165) is 0 Å². The number of nitro benzene ring substituents is 1. The minimum absolute atomic E-state index is 0.0289. The predicted octanol–water partition coefficient (Wildman–Crippen LogP) is 3.84. The van der Waals surface area contributed by atoms with Crippen molar-refractivity contribution in [2.75, 3.05) is 18.4 Å². The number of carbonyl (C=O) groups excluding carboxylic acids is 1. The van der Waals surface area contributed by atoms with Crippen molar-refractivity contribution in [3.8, 4) is 11.3 Å². The summed E-state index contributed by atoms with van der Waals surface area (Å²) in [4.78, 5) is 22.6. The van der Waals surface area contributed by atoms with Crippen LogP contribution in [0.5, 0.6) is 0 Å². The monoisotopic (exact) mass is 369 g/mol. The quantitative estimate of drug-likeness (QED) is 0.375. The van der Waals surface area contributed by atoms with Gasteiger partial charge in [-0.15, -0.1) is 0 Å². The molecule has 0 bridgehead atoms. The number of furan rings is 1. The van der Waals surface area contributed by atoms with Gasteiger partial charge in [-0.25, -0.2) is 4.39 Å². The van der Waals surface area contributed by atoms with E-state index in [1.165, 1.54) is 24.3 Å². The van der Waals surface area contributed by atoms with Crippen LogP contribution in [0.2, 0.25) is 0 Å². The van der Waals surface area contributed by atoms with Gasteiger partial charge in [0.15, 0.2) is 5.76 Å². The fourth-order valence-electron chi connectivity index (χ4n) is 2.47. The Morgan fingerprint density at radius 1 is 1.04 bits per heavy atom. The Bertz CT molecular complexity index is 954. The molecule has 3 rings (SSSR count). The molecule has 2 N–H and O–H groups in total. The molecule has 0 radical (unpaired) electrons. The zero-order chi connectivity index (χ0) is 19.2. The van der Waals surface area contributed by atoms with Crippen LogP contribution in [0.1, 0.15) is 10.6 Å². The zero-order valence-electron chi connectivity index (χ0n) is 14.1. The van der Waals surface area contributed by atoms with Crippen LogP contribution in [0.3, 0.4) is 0 Å². The number of nitro groups is 1. The largest absolute Gasteiger partial charge is 0.451 e. The summed E-state index contributed by atoms with van der Waals surface area (Å²) in [5.74, 6) is -0.180. The molecule has 0 aliphatic carbocycles. The average Bonchev–Trinajstić information content (AvgIpc) is 3.16. The van der Waals surface area contributed by atoms with Gasteiger partial charge in [0, 0.05) is 24.7 Å². The minimum Gasteiger partial charge on any atom is -0.451 e. The van der Waals surface area contributed by atoms with E-state index in [4.69, 9.17) is 4.42 Å². The second-order valence-electron chi connectivity index (χ2n) is 5.63. The third-order valence-electron chi connectivity index (χ3n) is 3.79. The molecule has 138 valence electrons. The van der Waals surface area contributed by atoms with Gasteiger partial charge in [0.1, 0.15) is 17.3 Å². The number of hydrogen-bond acceptors (Lipinski definition) is 5. The number of halogens is 1. The highest BCUT2D eigenvalue weighted by Crippen LogP contribution is 2.23. The summed E-state index contributed by atoms with van der Waals surface area (Å²) in [6, 6.07) is 15.2. The lowest BCUT2D eigenvalue weighted by atomic mass is 10.2. The van der Waals surface area contributed by atoms with Crippen LogP contribution in [0.15, 0.2) is 65.1 Å². The number of para-hydroxylation sites is 2. The van der Waals surface area contributed by atoms with Crippen LogP contribution in [-0.4, -0.2) is 23.9 Å². The fourth-order valence-corrected chi connectivity index (χ4v) is 2.47. The molecule has 27 heavy (non-hydrogen) atoms. The molecule has 0 aliphatic heterocycles. The first-order valence-corrected chi connectivity index (χ1v) is 8.16. The first-order valence-electron chi connectivity index (χ1n) is 8.16. The first kappa shape index (κ1) is 18.1. The Balaban J connectivity index is 1.53. The molecule has 8 heteroatoms. The summed E-state index contributed by atoms with van der Waals surface area (Å²) in [7, 11) is 0. The number of carbonyl (C=O) groups is 1. The van der Waals surface area contributed by atoms with Gasteiger partial charge in [0.05, 0.1) is 4.92 Å². The molecule has 0 fully saturated rings. The van der Waals surface area contributed by atoms with Gasteiger partial charge < -0.3 is 15.1 Å². The molecule has 0 spiro atoms. The smallest absolute Gasteiger partial charge is 0.292 e. The number of nitrogens with one attached hydrogen (secondary N) is 2. The first-order chi connectivity index (χ1) is 13.0. The Kier molecular flexibility index (Phi) is 5.46. The minimum atomic E-state index is -0.471. The van der Waals surface area contributed by atoms with E-state index in [0.29, 0.717) is 23.6 Å². The van der Waals surface area contributed by atoms with Gasteiger partial charge in [0.2, 0.25) is 0 Å². The third-order valence-corrected chi connectivity index (χ3v) is 3.79. The number of benzene rings is 2. The fraction of sp³-hybridized carbons (Fsp3) is 0.105. The van der Waals surface area contributed by atoms with Gasteiger partial charge >= 0.3 is 0 Å². The maximum atomic E-state index is 13.0. The van der Waals surface area contributed by atoms with Gasteiger partial charge in [-0.3, -0.25) is 14.9 Å². The third kappa shape index (κ3) is 4.49. The molecule has 0 saturated carbocycles. The summed E-state index contributed by atoms with van der Waals surface area (Å²) in [6.07, 6.45) is 0. The average molecular weight is 369 g/mol. The summed E-state index contributed by atoms with van der Waals surface area (Å²) in [5.41, 5.74) is 1.01. The number of amides is 1. The van der Waals surface area contributed by atoms with Crippen LogP contribution in [0.25, 0.3) is 11.3 Å². The lowest BCUT2D eigenvalue weighted by Gasteiger charge is -2.07. The Morgan fingerprint density at radius 3 is 2.52 bits per heavy atom. The Labute approximate surface area is 154 Å². The maximum Gasteiger partial charge on any atom is 0.292 e. The van der Waals surface area contributed by atoms with Gasteiger partial charge in [0.25, 0.3) is 11.6 Å². The summed E-state index contributed by atoms with van der Waals surface area (Å²) < 4.78 is 18.5. The van der Waals surface area contributed by atoms with E-state index in [-0.39, 0.29) is 23.8 Å². The normalized spacial score (nSPS) is 10.4. The van der Waals surface area contributed by atoms with E-state index < -0.39 is 10.8 Å². The van der Waals surface area contributed by atoms with E-state index in [2.05, 4.69) is 10.6 Å². The van der Waals surface area contributed by atoms with Gasteiger partial charge in [-0.1, -0.05) is 12.1 Å². The molecule has 3 aromatic rings. The van der Waals surface area contributed by atoms with Crippen molar-refractivity contribution in [1.82, 2.24) is 5.32 Å². The van der Waals surface area contributed by atoms with Crippen molar-refractivity contribution in [2.45, 2.75) is 0 Å². The van der Waals surface area contributed by atoms with Gasteiger partial charge in [-0.2, -0.15) is 0 Å². The molecule has 1 aromatic heterocycles. The van der Waals surface area contributed by atoms with Crippen LogP contribution < -0.4 is 10.6 Å². The summed E-state index contributed by atoms with van der Waals surface area (Å²) >= 11 is 0.